The van der Waals surface area contributed by atoms with Crippen LogP contribution in [-0.4, -0.2) is 4.98 Å². The average Bonchev–Trinajstić information content (AvgIpc) is 2.46. The molecule has 4 heteroatoms. The van der Waals surface area contributed by atoms with Crippen molar-refractivity contribution in [1.82, 2.24) is 4.98 Å². The summed E-state index contributed by atoms with van der Waals surface area (Å²) >= 11 is 0. The zero-order chi connectivity index (χ0) is 14.5. The first-order valence-corrected chi connectivity index (χ1v) is 6.44. The SMILES string of the molecule is Cc1cc([C@H](C)N)ccc1OCc1ccnc(C#N)c1. The van der Waals surface area contributed by atoms with Crippen molar-refractivity contribution in [3.8, 4) is 11.8 Å². The zero-order valence-corrected chi connectivity index (χ0v) is 11.6. The Morgan fingerprint density at radius 3 is 2.80 bits per heavy atom. The topological polar surface area (TPSA) is 71.9 Å². The number of nitriles is 1. The number of nitrogens with two attached hydrogens (primary N) is 1. The Hall–Kier alpha value is -2.38. The van der Waals surface area contributed by atoms with Crippen LogP contribution in [0.5, 0.6) is 5.75 Å². The highest BCUT2D eigenvalue weighted by atomic mass is 16.5. The van der Waals surface area contributed by atoms with E-state index in [4.69, 9.17) is 15.7 Å². The van der Waals surface area contributed by atoms with Crippen molar-refractivity contribution in [2.24, 2.45) is 5.73 Å². The van der Waals surface area contributed by atoms with Crippen molar-refractivity contribution in [1.29, 1.82) is 5.26 Å². The molecular formula is C16H17N3O. The molecule has 0 saturated heterocycles. The molecule has 0 aliphatic rings. The average molecular weight is 267 g/mol. The van der Waals surface area contributed by atoms with Crippen LogP contribution in [0.1, 0.15) is 35.3 Å². The Bertz CT molecular complexity index is 644. The highest BCUT2D eigenvalue weighted by Crippen LogP contribution is 2.22. The molecule has 0 unspecified atom stereocenters. The molecule has 1 atom stereocenters. The van der Waals surface area contributed by atoms with Gasteiger partial charge < -0.3 is 10.5 Å². The Kier molecular flexibility index (Phi) is 4.34. The summed E-state index contributed by atoms with van der Waals surface area (Å²) in [5.74, 6) is 0.824. The molecule has 0 bridgehead atoms. The summed E-state index contributed by atoms with van der Waals surface area (Å²) in [6.45, 7) is 4.36. The lowest BCUT2D eigenvalue weighted by atomic mass is 10.1. The summed E-state index contributed by atoms with van der Waals surface area (Å²) < 4.78 is 5.78. The van der Waals surface area contributed by atoms with Crippen molar-refractivity contribution in [3.63, 3.8) is 0 Å². The molecule has 20 heavy (non-hydrogen) atoms. The van der Waals surface area contributed by atoms with Gasteiger partial charge in [-0.1, -0.05) is 12.1 Å². The van der Waals surface area contributed by atoms with Crippen LogP contribution in [0, 0.1) is 18.3 Å². The lowest BCUT2D eigenvalue weighted by molar-refractivity contribution is 0.304. The van der Waals surface area contributed by atoms with Crippen LogP contribution in [0.4, 0.5) is 0 Å². The summed E-state index contributed by atoms with van der Waals surface area (Å²) in [5.41, 5.74) is 9.31. The van der Waals surface area contributed by atoms with Gasteiger partial charge in [-0.25, -0.2) is 4.98 Å². The van der Waals surface area contributed by atoms with Crippen molar-refractivity contribution < 1.29 is 4.74 Å². The van der Waals surface area contributed by atoms with E-state index in [9.17, 15) is 0 Å². The second-order valence-electron chi connectivity index (χ2n) is 4.76. The molecule has 2 rings (SSSR count). The van der Waals surface area contributed by atoms with E-state index in [2.05, 4.69) is 4.98 Å². The van der Waals surface area contributed by atoms with Crippen molar-refractivity contribution >= 4 is 0 Å². The van der Waals surface area contributed by atoms with Gasteiger partial charge in [-0.3, -0.25) is 0 Å². The second kappa shape index (κ2) is 6.18. The summed E-state index contributed by atoms with van der Waals surface area (Å²) in [7, 11) is 0. The van der Waals surface area contributed by atoms with Gasteiger partial charge in [0.2, 0.25) is 0 Å². The third kappa shape index (κ3) is 3.34. The third-order valence-electron chi connectivity index (χ3n) is 3.06. The maximum absolute atomic E-state index is 8.81. The number of pyridine rings is 1. The number of aromatic nitrogens is 1. The van der Waals surface area contributed by atoms with Gasteiger partial charge in [0.05, 0.1) is 0 Å². The smallest absolute Gasteiger partial charge is 0.140 e. The van der Waals surface area contributed by atoms with Crippen LogP contribution in [0.15, 0.2) is 36.5 Å². The highest BCUT2D eigenvalue weighted by molar-refractivity contribution is 5.37. The quantitative estimate of drug-likeness (QED) is 0.924. The minimum Gasteiger partial charge on any atom is -0.489 e. The molecule has 1 aromatic carbocycles. The Morgan fingerprint density at radius 1 is 1.35 bits per heavy atom. The first-order chi connectivity index (χ1) is 9.60. The molecule has 0 spiro atoms. The van der Waals surface area contributed by atoms with Crippen LogP contribution in [0.25, 0.3) is 0 Å². The van der Waals surface area contributed by atoms with Gasteiger partial charge in [0, 0.05) is 12.2 Å². The van der Waals surface area contributed by atoms with Crippen molar-refractivity contribution in [2.45, 2.75) is 26.5 Å². The molecule has 0 fully saturated rings. The molecule has 1 aromatic heterocycles. The predicted molar refractivity (Wildman–Crippen MR) is 77.1 cm³/mol. The number of hydrogen-bond acceptors (Lipinski definition) is 4. The standard InChI is InChI=1S/C16H17N3O/c1-11-7-14(12(2)18)3-4-16(11)20-10-13-5-6-19-15(8-13)9-17/h3-8,12H,10,18H2,1-2H3/t12-/m0/s1. The van der Waals surface area contributed by atoms with Gasteiger partial charge >= 0.3 is 0 Å². The number of nitrogens with zero attached hydrogens (tertiary/aromatic N) is 2. The van der Waals surface area contributed by atoms with Crippen LogP contribution >= 0.6 is 0 Å². The molecule has 2 N–H and O–H groups in total. The van der Waals surface area contributed by atoms with E-state index >= 15 is 0 Å². The zero-order valence-electron chi connectivity index (χ0n) is 11.6. The second-order valence-corrected chi connectivity index (χ2v) is 4.76. The van der Waals surface area contributed by atoms with E-state index in [0.717, 1.165) is 22.4 Å². The summed E-state index contributed by atoms with van der Waals surface area (Å²) in [5, 5.41) is 8.81. The fraction of sp³-hybridized carbons (Fsp3) is 0.250. The van der Waals surface area contributed by atoms with Crippen molar-refractivity contribution in [3.05, 3.63) is 58.9 Å². The lowest BCUT2D eigenvalue weighted by Crippen LogP contribution is -2.05. The van der Waals surface area contributed by atoms with Crippen LogP contribution in [0.2, 0.25) is 0 Å². The third-order valence-corrected chi connectivity index (χ3v) is 3.06. The van der Waals surface area contributed by atoms with E-state index in [1.54, 1.807) is 12.3 Å². The minimum absolute atomic E-state index is 0.0149. The molecule has 102 valence electrons. The van der Waals surface area contributed by atoms with Gasteiger partial charge in [0.1, 0.15) is 24.1 Å². The molecule has 0 aliphatic carbocycles. The van der Waals surface area contributed by atoms with Gasteiger partial charge in [-0.05, 0) is 48.7 Å². The molecule has 2 aromatic rings. The minimum atomic E-state index is 0.0149. The first-order valence-electron chi connectivity index (χ1n) is 6.44. The van der Waals surface area contributed by atoms with Gasteiger partial charge in [0.25, 0.3) is 0 Å². The maximum Gasteiger partial charge on any atom is 0.140 e. The number of rotatable bonds is 4. The van der Waals surface area contributed by atoms with Gasteiger partial charge in [-0.2, -0.15) is 5.26 Å². The number of ether oxygens (including phenoxy) is 1. The Labute approximate surface area is 118 Å². The highest BCUT2D eigenvalue weighted by Gasteiger charge is 2.05. The number of hydrogen-bond donors (Lipinski definition) is 1. The van der Waals surface area contributed by atoms with E-state index in [1.165, 1.54) is 0 Å². The molecule has 0 radical (unpaired) electrons. The monoisotopic (exact) mass is 267 g/mol. The normalized spacial score (nSPS) is 11.7. The van der Waals surface area contributed by atoms with Gasteiger partial charge in [-0.15, -0.1) is 0 Å². The van der Waals surface area contributed by atoms with Gasteiger partial charge in [0.15, 0.2) is 0 Å². The molecular weight excluding hydrogens is 250 g/mol. The fourth-order valence-corrected chi connectivity index (χ4v) is 1.90. The lowest BCUT2D eigenvalue weighted by Gasteiger charge is -2.12. The molecule has 0 saturated carbocycles. The van der Waals surface area contributed by atoms with E-state index in [-0.39, 0.29) is 6.04 Å². The van der Waals surface area contributed by atoms with E-state index in [1.807, 2.05) is 44.2 Å². The summed E-state index contributed by atoms with van der Waals surface area (Å²) in [6.07, 6.45) is 1.61. The summed E-state index contributed by atoms with van der Waals surface area (Å²) in [4.78, 5) is 3.93. The predicted octanol–water partition coefficient (Wildman–Crippen LogP) is 2.86. The van der Waals surface area contributed by atoms with Crippen LogP contribution < -0.4 is 10.5 Å². The Balaban J connectivity index is 2.09. The molecule has 0 aliphatic heterocycles. The van der Waals surface area contributed by atoms with E-state index < -0.39 is 0 Å². The molecule has 1 heterocycles. The first kappa shape index (κ1) is 14.0. The van der Waals surface area contributed by atoms with Crippen molar-refractivity contribution in [2.75, 3.05) is 0 Å². The molecule has 0 amide bonds. The number of benzene rings is 1. The summed E-state index contributed by atoms with van der Waals surface area (Å²) in [6, 6.07) is 11.5. The van der Waals surface area contributed by atoms with E-state index in [0.29, 0.717) is 12.3 Å². The fourth-order valence-electron chi connectivity index (χ4n) is 1.90. The maximum atomic E-state index is 8.81. The number of aryl methyl sites for hydroxylation is 1. The van der Waals surface area contributed by atoms with Crippen LogP contribution in [-0.2, 0) is 6.61 Å². The molecule has 4 nitrogen and oxygen atoms in total. The Morgan fingerprint density at radius 2 is 2.15 bits per heavy atom. The largest absolute Gasteiger partial charge is 0.489 e. The van der Waals surface area contributed by atoms with Crippen LogP contribution in [0.3, 0.4) is 0 Å².